The number of anilines is 1. The monoisotopic (exact) mass is 193 g/mol. The van der Waals surface area contributed by atoms with Crippen LogP contribution in [0, 0.1) is 6.92 Å². The van der Waals surface area contributed by atoms with Crippen molar-refractivity contribution in [2.24, 2.45) is 0 Å². The van der Waals surface area contributed by atoms with Gasteiger partial charge in [-0.25, -0.2) is 0 Å². The fourth-order valence-corrected chi connectivity index (χ4v) is 1.10. The van der Waals surface area contributed by atoms with E-state index in [1.165, 1.54) is 5.56 Å². The number of hydrogen-bond acceptors (Lipinski definition) is 2. The number of rotatable bonds is 3. The lowest BCUT2D eigenvalue weighted by Gasteiger charge is -2.25. The minimum Gasteiger partial charge on any atom is -0.486 e. The first-order valence-electron chi connectivity index (χ1n) is 5.00. The molecule has 2 nitrogen and oxygen atoms in total. The molecule has 0 aliphatic rings. The van der Waals surface area contributed by atoms with Crippen LogP contribution in [0.15, 0.2) is 18.2 Å². The van der Waals surface area contributed by atoms with Gasteiger partial charge in [-0.2, -0.15) is 0 Å². The van der Waals surface area contributed by atoms with Gasteiger partial charge in [0.2, 0.25) is 0 Å². The van der Waals surface area contributed by atoms with Crippen molar-refractivity contribution in [1.82, 2.24) is 0 Å². The van der Waals surface area contributed by atoms with Gasteiger partial charge in [0.05, 0.1) is 5.69 Å². The third-order valence-electron chi connectivity index (χ3n) is 2.41. The molecular weight excluding hydrogens is 174 g/mol. The smallest absolute Gasteiger partial charge is 0.143 e. The highest BCUT2D eigenvalue weighted by Gasteiger charge is 2.17. The van der Waals surface area contributed by atoms with Crippen LogP contribution in [0.3, 0.4) is 0 Å². The van der Waals surface area contributed by atoms with E-state index in [4.69, 9.17) is 10.5 Å². The number of aryl methyl sites for hydroxylation is 1. The summed E-state index contributed by atoms with van der Waals surface area (Å²) in [4.78, 5) is 0. The summed E-state index contributed by atoms with van der Waals surface area (Å²) in [5, 5.41) is 0. The molecule has 2 heteroatoms. The minimum atomic E-state index is -0.151. The average Bonchev–Trinajstić information content (AvgIpc) is 2.11. The van der Waals surface area contributed by atoms with E-state index in [0.717, 1.165) is 12.2 Å². The third-order valence-corrected chi connectivity index (χ3v) is 2.41. The quantitative estimate of drug-likeness (QED) is 0.748. The Bertz CT molecular complexity index is 318. The Morgan fingerprint density at radius 1 is 1.36 bits per heavy atom. The van der Waals surface area contributed by atoms with E-state index in [-0.39, 0.29) is 5.60 Å². The normalized spacial score (nSPS) is 11.4. The lowest BCUT2D eigenvalue weighted by atomic mass is 10.1. The molecule has 0 saturated heterocycles. The van der Waals surface area contributed by atoms with Crippen molar-refractivity contribution in [2.75, 3.05) is 5.73 Å². The zero-order chi connectivity index (χ0) is 10.8. The number of nitrogen functional groups attached to an aromatic ring is 1. The molecule has 14 heavy (non-hydrogen) atoms. The predicted octanol–water partition coefficient (Wildman–Crippen LogP) is 3.14. The molecule has 0 radical (unpaired) electrons. The molecular formula is C12H19NO. The average molecular weight is 193 g/mol. The van der Waals surface area contributed by atoms with Crippen LogP contribution in [0.4, 0.5) is 5.69 Å². The van der Waals surface area contributed by atoms with Crippen molar-refractivity contribution in [1.29, 1.82) is 0 Å². The van der Waals surface area contributed by atoms with Crippen LogP contribution in [0.1, 0.15) is 32.8 Å². The molecule has 0 aromatic heterocycles. The van der Waals surface area contributed by atoms with Crippen LogP contribution >= 0.6 is 0 Å². The van der Waals surface area contributed by atoms with Crippen molar-refractivity contribution in [2.45, 2.75) is 39.7 Å². The Morgan fingerprint density at radius 2 is 2.00 bits per heavy atom. The van der Waals surface area contributed by atoms with Gasteiger partial charge in [-0.15, -0.1) is 0 Å². The van der Waals surface area contributed by atoms with Gasteiger partial charge in [-0.3, -0.25) is 0 Å². The lowest BCUT2D eigenvalue weighted by molar-refractivity contribution is 0.106. The molecule has 78 valence electrons. The van der Waals surface area contributed by atoms with Gasteiger partial charge >= 0.3 is 0 Å². The van der Waals surface area contributed by atoms with E-state index in [2.05, 4.69) is 20.8 Å². The van der Waals surface area contributed by atoms with Gasteiger partial charge in [0.1, 0.15) is 11.4 Å². The van der Waals surface area contributed by atoms with Crippen molar-refractivity contribution in [3.63, 3.8) is 0 Å². The number of benzene rings is 1. The summed E-state index contributed by atoms with van der Waals surface area (Å²) in [7, 11) is 0. The SMILES string of the molecule is CCC(C)(C)Oc1cc(C)ccc1N. The first kappa shape index (κ1) is 10.9. The zero-order valence-electron chi connectivity index (χ0n) is 9.42. The molecule has 0 fully saturated rings. The van der Waals surface area contributed by atoms with E-state index in [1.54, 1.807) is 0 Å². The van der Waals surface area contributed by atoms with E-state index in [9.17, 15) is 0 Å². The van der Waals surface area contributed by atoms with Gasteiger partial charge < -0.3 is 10.5 Å². The Balaban J connectivity index is 2.91. The predicted molar refractivity (Wildman–Crippen MR) is 60.6 cm³/mol. The van der Waals surface area contributed by atoms with Gasteiger partial charge in [-0.1, -0.05) is 13.0 Å². The van der Waals surface area contributed by atoms with Crippen LogP contribution < -0.4 is 10.5 Å². The highest BCUT2D eigenvalue weighted by molar-refractivity contribution is 5.53. The second kappa shape index (κ2) is 3.91. The Labute approximate surface area is 86.1 Å². The Morgan fingerprint density at radius 3 is 2.57 bits per heavy atom. The number of nitrogens with two attached hydrogens (primary N) is 1. The van der Waals surface area contributed by atoms with Crippen LogP contribution in [0.25, 0.3) is 0 Å². The first-order valence-corrected chi connectivity index (χ1v) is 5.00. The summed E-state index contributed by atoms with van der Waals surface area (Å²) in [6.45, 7) is 8.26. The van der Waals surface area contributed by atoms with Crippen molar-refractivity contribution in [3.05, 3.63) is 23.8 Å². The highest BCUT2D eigenvalue weighted by Crippen LogP contribution is 2.27. The number of hydrogen-bond donors (Lipinski definition) is 1. The summed E-state index contributed by atoms with van der Waals surface area (Å²) in [5.41, 5.74) is 7.55. The lowest BCUT2D eigenvalue weighted by Crippen LogP contribution is -2.27. The van der Waals surface area contributed by atoms with Gasteiger partial charge in [-0.05, 0) is 44.9 Å². The van der Waals surface area contributed by atoms with Crippen LogP contribution in [0.2, 0.25) is 0 Å². The molecule has 1 aromatic rings. The molecule has 0 amide bonds. The Kier molecular flexibility index (Phi) is 3.04. The number of ether oxygens (including phenoxy) is 1. The largest absolute Gasteiger partial charge is 0.486 e. The summed E-state index contributed by atoms with van der Waals surface area (Å²) < 4.78 is 5.84. The maximum absolute atomic E-state index is 5.84. The molecule has 0 heterocycles. The second-order valence-corrected chi connectivity index (χ2v) is 4.26. The van der Waals surface area contributed by atoms with E-state index < -0.39 is 0 Å². The molecule has 1 rings (SSSR count). The Hall–Kier alpha value is -1.18. The van der Waals surface area contributed by atoms with Gasteiger partial charge in [0.15, 0.2) is 0 Å². The molecule has 0 bridgehead atoms. The summed E-state index contributed by atoms with van der Waals surface area (Å²) in [6.07, 6.45) is 0.959. The molecule has 0 aliphatic carbocycles. The standard InChI is InChI=1S/C12H19NO/c1-5-12(3,4)14-11-8-9(2)6-7-10(11)13/h6-8H,5,13H2,1-4H3. The molecule has 2 N–H and O–H groups in total. The van der Waals surface area contributed by atoms with Gasteiger partial charge in [0.25, 0.3) is 0 Å². The van der Waals surface area contributed by atoms with E-state index in [0.29, 0.717) is 5.69 Å². The second-order valence-electron chi connectivity index (χ2n) is 4.26. The van der Waals surface area contributed by atoms with Gasteiger partial charge in [0, 0.05) is 0 Å². The maximum atomic E-state index is 5.84. The topological polar surface area (TPSA) is 35.2 Å². The van der Waals surface area contributed by atoms with E-state index >= 15 is 0 Å². The summed E-state index contributed by atoms with van der Waals surface area (Å²) >= 11 is 0. The van der Waals surface area contributed by atoms with Crippen LogP contribution in [-0.2, 0) is 0 Å². The summed E-state index contributed by atoms with van der Waals surface area (Å²) in [5.74, 6) is 0.789. The highest BCUT2D eigenvalue weighted by atomic mass is 16.5. The molecule has 0 unspecified atom stereocenters. The fourth-order valence-electron chi connectivity index (χ4n) is 1.10. The fraction of sp³-hybridized carbons (Fsp3) is 0.500. The van der Waals surface area contributed by atoms with Crippen LogP contribution in [-0.4, -0.2) is 5.60 Å². The zero-order valence-corrected chi connectivity index (χ0v) is 9.42. The minimum absolute atomic E-state index is 0.151. The molecule has 0 saturated carbocycles. The molecule has 1 aromatic carbocycles. The molecule has 0 spiro atoms. The third kappa shape index (κ3) is 2.66. The maximum Gasteiger partial charge on any atom is 0.143 e. The van der Waals surface area contributed by atoms with Crippen molar-refractivity contribution in [3.8, 4) is 5.75 Å². The molecule has 0 atom stereocenters. The van der Waals surface area contributed by atoms with Crippen molar-refractivity contribution < 1.29 is 4.74 Å². The summed E-state index contributed by atoms with van der Waals surface area (Å²) in [6, 6.07) is 5.85. The first-order chi connectivity index (χ1) is 6.44. The van der Waals surface area contributed by atoms with Crippen LogP contribution in [0.5, 0.6) is 5.75 Å². The van der Waals surface area contributed by atoms with E-state index in [1.807, 2.05) is 25.1 Å². The van der Waals surface area contributed by atoms with Crippen molar-refractivity contribution >= 4 is 5.69 Å². The molecule has 0 aliphatic heterocycles.